The van der Waals surface area contributed by atoms with Crippen molar-refractivity contribution in [3.05, 3.63) is 188 Å². The summed E-state index contributed by atoms with van der Waals surface area (Å²) in [7, 11) is -0.852. The van der Waals surface area contributed by atoms with E-state index in [1.54, 1.807) is 0 Å². The molecule has 8 rings (SSSR count). The van der Waals surface area contributed by atoms with Gasteiger partial charge in [-0.1, -0.05) is 188 Å². The predicted molar refractivity (Wildman–Crippen MR) is 196 cm³/mol. The molecule has 0 aliphatic carbocycles. The van der Waals surface area contributed by atoms with Gasteiger partial charge in [0.25, 0.3) is 0 Å². The van der Waals surface area contributed by atoms with Gasteiger partial charge in [-0.3, -0.25) is 0 Å². The Balaban J connectivity index is 1.52. The van der Waals surface area contributed by atoms with Gasteiger partial charge in [0, 0.05) is 0 Å². The van der Waals surface area contributed by atoms with Crippen LogP contribution in [0.25, 0.3) is 54.9 Å². The van der Waals surface area contributed by atoms with Crippen LogP contribution in [0.3, 0.4) is 0 Å². The minimum atomic E-state index is -0.852. The normalized spacial score (nSPS) is 11.3. The van der Waals surface area contributed by atoms with E-state index in [1.807, 2.05) is 0 Å². The number of hydrogen-bond acceptors (Lipinski definition) is 0. The summed E-state index contributed by atoms with van der Waals surface area (Å²) in [6.07, 6.45) is 0. The number of fused-ring (bicyclic) bond motifs is 2. The van der Waals surface area contributed by atoms with Gasteiger partial charge in [-0.2, -0.15) is 0 Å². The fraction of sp³-hybridized carbons (Fsp3) is 0. The standard InChI is InChI=1S/C44H31P/c1-4-16-32(17-5-1)37-24-14-15-27-40(37)41-30-28-33-18-10-12-25-38(33)43(41)44-39-26-13-11-19-34(39)29-31-42(44)45(35-20-6-2-7-21-35)36-22-8-3-9-23-36/h1-31H. The van der Waals surface area contributed by atoms with Gasteiger partial charge in [0.2, 0.25) is 0 Å². The van der Waals surface area contributed by atoms with Crippen LogP contribution in [0.2, 0.25) is 0 Å². The molecule has 0 saturated heterocycles. The van der Waals surface area contributed by atoms with E-state index in [-0.39, 0.29) is 0 Å². The molecule has 0 unspecified atom stereocenters. The molecule has 0 aliphatic heterocycles. The van der Waals surface area contributed by atoms with Crippen LogP contribution in [0.1, 0.15) is 0 Å². The molecule has 0 N–H and O–H groups in total. The smallest absolute Gasteiger partial charge is 0.000924 e. The molecule has 0 aliphatic rings. The van der Waals surface area contributed by atoms with Gasteiger partial charge in [0.05, 0.1) is 0 Å². The zero-order chi connectivity index (χ0) is 30.0. The van der Waals surface area contributed by atoms with E-state index in [1.165, 1.54) is 70.8 Å². The van der Waals surface area contributed by atoms with E-state index in [9.17, 15) is 0 Å². The van der Waals surface area contributed by atoms with Gasteiger partial charge < -0.3 is 0 Å². The molecule has 0 heterocycles. The summed E-state index contributed by atoms with van der Waals surface area (Å²) in [5, 5.41) is 9.12. The highest BCUT2D eigenvalue weighted by Crippen LogP contribution is 2.47. The zero-order valence-corrected chi connectivity index (χ0v) is 25.7. The molecule has 0 atom stereocenters. The van der Waals surface area contributed by atoms with Crippen LogP contribution in [0.4, 0.5) is 0 Å². The van der Waals surface area contributed by atoms with Crippen LogP contribution in [-0.2, 0) is 0 Å². The van der Waals surface area contributed by atoms with E-state index >= 15 is 0 Å². The Bertz CT molecular complexity index is 2210. The summed E-state index contributed by atoms with van der Waals surface area (Å²) in [5.74, 6) is 0. The average Bonchev–Trinajstić information content (AvgIpc) is 3.12. The molecule has 0 radical (unpaired) electrons. The third-order valence-corrected chi connectivity index (χ3v) is 11.1. The fourth-order valence-corrected chi connectivity index (χ4v) is 9.12. The van der Waals surface area contributed by atoms with Crippen LogP contribution in [0.5, 0.6) is 0 Å². The topological polar surface area (TPSA) is 0 Å². The lowest BCUT2D eigenvalue weighted by molar-refractivity contribution is 1.59. The van der Waals surface area contributed by atoms with Gasteiger partial charge in [0.1, 0.15) is 0 Å². The van der Waals surface area contributed by atoms with Crippen molar-refractivity contribution < 1.29 is 0 Å². The monoisotopic (exact) mass is 590 g/mol. The molecule has 0 spiro atoms. The molecule has 0 nitrogen and oxygen atoms in total. The second-order valence-corrected chi connectivity index (χ2v) is 13.5. The molecule has 1 heteroatoms. The van der Waals surface area contributed by atoms with E-state index in [2.05, 4.69) is 188 Å². The largest absolute Gasteiger partial charge is 0.0622 e. The average molecular weight is 591 g/mol. The molecule has 0 amide bonds. The van der Waals surface area contributed by atoms with Gasteiger partial charge in [-0.05, 0) is 78.8 Å². The third kappa shape index (κ3) is 5.04. The van der Waals surface area contributed by atoms with Crippen LogP contribution in [0, 0.1) is 0 Å². The summed E-state index contributed by atoms with van der Waals surface area (Å²) in [4.78, 5) is 0. The Labute approximate surface area is 266 Å². The van der Waals surface area contributed by atoms with E-state index in [4.69, 9.17) is 0 Å². The van der Waals surface area contributed by atoms with E-state index in [0.29, 0.717) is 0 Å². The summed E-state index contributed by atoms with van der Waals surface area (Å²) in [6, 6.07) is 68.9. The first kappa shape index (κ1) is 27.3. The van der Waals surface area contributed by atoms with Crippen molar-refractivity contribution in [3.8, 4) is 33.4 Å². The Morgan fingerprint density at radius 3 is 1.38 bits per heavy atom. The summed E-state index contributed by atoms with van der Waals surface area (Å²) >= 11 is 0. The molecular formula is C44H31P. The Morgan fingerprint density at radius 1 is 0.289 bits per heavy atom. The quantitative estimate of drug-likeness (QED) is 0.169. The second-order valence-electron chi connectivity index (χ2n) is 11.3. The molecule has 8 aromatic rings. The van der Waals surface area contributed by atoms with Crippen molar-refractivity contribution in [1.29, 1.82) is 0 Å². The lowest BCUT2D eigenvalue weighted by atomic mass is 9.85. The maximum Gasteiger partial charge on any atom is -0.000924 e. The van der Waals surface area contributed by atoms with Crippen LogP contribution < -0.4 is 15.9 Å². The van der Waals surface area contributed by atoms with Crippen molar-refractivity contribution in [3.63, 3.8) is 0 Å². The highest BCUT2D eigenvalue weighted by Gasteiger charge is 2.25. The van der Waals surface area contributed by atoms with Crippen molar-refractivity contribution in [2.45, 2.75) is 0 Å². The molecule has 8 aromatic carbocycles. The lowest BCUT2D eigenvalue weighted by Crippen LogP contribution is -2.22. The summed E-state index contributed by atoms with van der Waals surface area (Å²) in [6.45, 7) is 0. The summed E-state index contributed by atoms with van der Waals surface area (Å²) < 4.78 is 0. The number of rotatable bonds is 6. The van der Waals surface area contributed by atoms with E-state index in [0.717, 1.165) is 0 Å². The first-order valence-electron chi connectivity index (χ1n) is 15.5. The summed E-state index contributed by atoms with van der Waals surface area (Å²) in [5.41, 5.74) is 7.57. The van der Waals surface area contributed by atoms with Crippen molar-refractivity contribution in [1.82, 2.24) is 0 Å². The molecular weight excluding hydrogens is 559 g/mol. The fourth-order valence-electron chi connectivity index (χ4n) is 6.64. The predicted octanol–water partition coefficient (Wildman–Crippen LogP) is 10.8. The van der Waals surface area contributed by atoms with Gasteiger partial charge in [0.15, 0.2) is 0 Å². The molecule has 0 saturated carbocycles. The first-order chi connectivity index (χ1) is 22.4. The number of benzene rings is 8. The Kier molecular flexibility index (Phi) is 7.28. The molecule has 0 aromatic heterocycles. The van der Waals surface area contributed by atoms with Crippen LogP contribution in [0.15, 0.2) is 188 Å². The SMILES string of the molecule is c1ccc(-c2ccccc2-c2ccc3ccccc3c2-c2c(P(c3ccccc3)c3ccccc3)ccc3ccccc23)cc1. The van der Waals surface area contributed by atoms with Gasteiger partial charge in [-0.15, -0.1) is 0 Å². The van der Waals surface area contributed by atoms with Crippen molar-refractivity contribution in [2.24, 2.45) is 0 Å². The number of hydrogen-bond donors (Lipinski definition) is 0. The zero-order valence-electron chi connectivity index (χ0n) is 24.8. The Hall–Kier alpha value is -5.29. The molecule has 212 valence electrons. The molecule has 0 bridgehead atoms. The highest BCUT2D eigenvalue weighted by molar-refractivity contribution is 7.80. The van der Waals surface area contributed by atoms with Crippen LogP contribution >= 0.6 is 7.92 Å². The molecule has 0 fully saturated rings. The van der Waals surface area contributed by atoms with Gasteiger partial charge in [-0.25, -0.2) is 0 Å². The van der Waals surface area contributed by atoms with E-state index < -0.39 is 7.92 Å². The molecule has 45 heavy (non-hydrogen) atoms. The maximum absolute atomic E-state index is 2.40. The van der Waals surface area contributed by atoms with Gasteiger partial charge >= 0.3 is 0 Å². The first-order valence-corrected chi connectivity index (χ1v) is 16.8. The van der Waals surface area contributed by atoms with Crippen molar-refractivity contribution >= 4 is 45.4 Å². The van der Waals surface area contributed by atoms with Crippen LogP contribution in [-0.4, -0.2) is 0 Å². The highest BCUT2D eigenvalue weighted by atomic mass is 31.1. The second kappa shape index (κ2) is 12.0. The minimum absolute atomic E-state index is 0.852. The third-order valence-electron chi connectivity index (χ3n) is 8.66. The lowest BCUT2D eigenvalue weighted by Gasteiger charge is -2.26. The Morgan fingerprint density at radius 2 is 0.756 bits per heavy atom. The van der Waals surface area contributed by atoms with Crippen molar-refractivity contribution in [2.75, 3.05) is 0 Å². The minimum Gasteiger partial charge on any atom is -0.0622 e. The maximum atomic E-state index is 2.40.